The number of hydrogen-bond donors (Lipinski definition) is 1. The van der Waals surface area contributed by atoms with Crippen molar-refractivity contribution in [1.29, 1.82) is 0 Å². The molecule has 14 heavy (non-hydrogen) atoms. The Morgan fingerprint density at radius 2 is 2.07 bits per heavy atom. The third-order valence-corrected chi connectivity index (χ3v) is 4.22. The van der Waals surface area contributed by atoms with Crippen LogP contribution in [0.5, 0.6) is 0 Å². The molecule has 1 aliphatic heterocycles. The molecule has 0 aromatic rings. The fourth-order valence-electron chi connectivity index (χ4n) is 3.14. The predicted octanol–water partition coefficient (Wildman–Crippen LogP) is 1.77. The monoisotopic (exact) mass is 194 g/mol. The molecule has 80 valence electrons. The molecule has 0 amide bonds. The molecule has 0 aromatic heterocycles. The summed E-state index contributed by atoms with van der Waals surface area (Å²) in [6.45, 7) is 5.43. The number of nitrogens with two attached hydrogens (primary N) is 1. The second kappa shape index (κ2) is 4.03. The highest BCUT2D eigenvalue weighted by atomic mass is 15.2. The van der Waals surface area contributed by atoms with E-state index in [1.165, 1.54) is 25.7 Å². The molecule has 2 heteroatoms. The van der Waals surface area contributed by atoms with Gasteiger partial charge in [-0.2, -0.15) is 0 Å². The first-order valence-electron chi connectivity index (χ1n) is 5.90. The lowest BCUT2D eigenvalue weighted by Gasteiger charge is -2.48. The van der Waals surface area contributed by atoms with Crippen LogP contribution in [0.25, 0.3) is 0 Å². The van der Waals surface area contributed by atoms with Crippen LogP contribution in [0, 0.1) is 5.92 Å². The summed E-state index contributed by atoms with van der Waals surface area (Å²) in [5.41, 5.74) is 6.35. The lowest BCUT2D eigenvalue weighted by molar-refractivity contribution is 0.0363. The van der Waals surface area contributed by atoms with Crippen molar-refractivity contribution in [2.24, 2.45) is 11.7 Å². The zero-order valence-corrected chi connectivity index (χ0v) is 9.21. The maximum absolute atomic E-state index is 6.04. The highest BCUT2D eigenvalue weighted by Crippen LogP contribution is 2.38. The Labute approximate surface area is 87.2 Å². The fraction of sp³-hybridized carbons (Fsp3) is 0.833. The highest BCUT2D eigenvalue weighted by Gasteiger charge is 2.41. The van der Waals surface area contributed by atoms with Gasteiger partial charge in [0.1, 0.15) is 0 Å². The first kappa shape index (κ1) is 10.2. The third kappa shape index (κ3) is 1.51. The minimum absolute atomic E-state index is 0.307. The summed E-state index contributed by atoms with van der Waals surface area (Å²) < 4.78 is 0. The molecule has 1 fully saturated rings. The second-order valence-corrected chi connectivity index (χ2v) is 4.83. The maximum atomic E-state index is 6.04. The van der Waals surface area contributed by atoms with E-state index in [0.717, 1.165) is 25.6 Å². The Kier molecular flexibility index (Phi) is 2.93. The molecule has 0 spiro atoms. The minimum Gasteiger partial charge on any atom is -0.329 e. The molecular weight excluding hydrogens is 172 g/mol. The third-order valence-electron chi connectivity index (χ3n) is 4.22. The van der Waals surface area contributed by atoms with Crippen molar-refractivity contribution in [3.05, 3.63) is 12.2 Å². The number of rotatable bonds is 2. The molecule has 2 aliphatic rings. The van der Waals surface area contributed by atoms with E-state index in [1.807, 2.05) is 0 Å². The molecule has 2 N–H and O–H groups in total. The molecule has 1 aliphatic carbocycles. The van der Waals surface area contributed by atoms with Crippen LogP contribution in [0.1, 0.15) is 32.6 Å². The standard InChI is InChI=1S/C12H22N2/c1-11-6-2-3-7-12(11,10-13)14-8-4-5-9-14/h4-5,11H,2-3,6-10,13H2,1H3. The smallest absolute Gasteiger partial charge is 0.0363 e. The summed E-state index contributed by atoms with van der Waals surface area (Å²) in [4.78, 5) is 2.58. The quantitative estimate of drug-likeness (QED) is 0.679. The van der Waals surface area contributed by atoms with Gasteiger partial charge in [0.05, 0.1) is 0 Å². The van der Waals surface area contributed by atoms with Crippen LogP contribution in [-0.2, 0) is 0 Å². The van der Waals surface area contributed by atoms with Gasteiger partial charge in [0.2, 0.25) is 0 Å². The molecule has 0 radical (unpaired) electrons. The van der Waals surface area contributed by atoms with E-state index in [9.17, 15) is 0 Å². The van der Waals surface area contributed by atoms with Crippen LogP contribution >= 0.6 is 0 Å². The van der Waals surface area contributed by atoms with Crippen LogP contribution in [-0.4, -0.2) is 30.1 Å². The summed E-state index contributed by atoms with van der Waals surface area (Å²) in [6, 6.07) is 0. The molecule has 2 rings (SSSR count). The molecular formula is C12H22N2. The molecule has 1 heterocycles. The summed E-state index contributed by atoms with van der Waals surface area (Å²) in [7, 11) is 0. The van der Waals surface area contributed by atoms with Crippen LogP contribution < -0.4 is 5.73 Å². The zero-order valence-electron chi connectivity index (χ0n) is 9.21. The van der Waals surface area contributed by atoms with Gasteiger partial charge in [-0.1, -0.05) is 31.9 Å². The molecule has 2 nitrogen and oxygen atoms in total. The lowest BCUT2D eigenvalue weighted by Crippen LogP contribution is -2.58. The Morgan fingerprint density at radius 3 is 2.64 bits per heavy atom. The first-order chi connectivity index (χ1) is 6.79. The molecule has 1 saturated carbocycles. The maximum Gasteiger partial charge on any atom is 0.0363 e. The number of nitrogens with zero attached hydrogens (tertiary/aromatic N) is 1. The van der Waals surface area contributed by atoms with Crippen molar-refractivity contribution >= 4 is 0 Å². The van der Waals surface area contributed by atoms with Crippen molar-refractivity contribution < 1.29 is 0 Å². The Bertz CT molecular complexity index is 216. The van der Waals surface area contributed by atoms with Gasteiger partial charge in [-0.15, -0.1) is 0 Å². The van der Waals surface area contributed by atoms with Crippen molar-refractivity contribution in [3.63, 3.8) is 0 Å². The van der Waals surface area contributed by atoms with Crippen molar-refractivity contribution in [2.45, 2.75) is 38.1 Å². The first-order valence-corrected chi connectivity index (χ1v) is 5.90. The van der Waals surface area contributed by atoms with E-state index in [-0.39, 0.29) is 0 Å². The van der Waals surface area contributed by atoms with Gasteiger partial charge in [-0.25, -0.2) is 0 Å². The molecule has 2 unspecified atom stereocenters. The van der Waals surface area contributed by atoms with Crippen LogP contribution in [0.2, 0.25) is 0 Å². The zero-order chi connectivity index (χ0) is 10.0. The van der Waals surface area contributed by atoms with E-state index >= 15 is 0 Å². The molecule has 0 saturated heterocycles. The normalized spacial score (nSPS) is 39.1. The summed E-state index contributed by atoms with van der Waals surface area (Å²) in [6.07, 6.45) is 9.96. The van der Waals surface area contributed by atoms with Crippen LogP contribution in [0.3, 0.4) is 0 Å². The van der Waals surface area contributed by atoms with Gasteiger partial charge in [0.15, 0.2) is 0 Å². The average molecular weight is 194 g/mol. The Hall–Kier alpha value is -0.340. The van der Waals surface area contributed by atoms with Crippen LogP contribution in [0.15, 0.2) is 12.2 Å². The summed E-state index contributed by atoms with van der Waals surface area (Å²) in [5.74, 6) is 0.765. The predicted molar refractivity (Wildman–Crippen MR) is 60.1 cm³/mol. The molecule has 0 aromatic carbocycles. The SMILES string of the molecule is CC1CCCCC1(CN)N1CC=CC1. The van der Waals surface area contributed by atoms with E-state index in [0.29, 0.717) is 5.54 Å². The summed E-state index contributed by atoms with van der Waals surface area (Å²) >= 11 is 0. The van der Waals surface area contributed by atoms with Gasteiger partial charge in [-0.05, 0) is 18.8 Å². The highest BCUT2D eigenvalue weighted by molar-refractivity contribution is 5.06. The summed E-state index contributed by atoms with van der Waals surface area (Å²) in [5, 5.41) is 0. The van der Waals surface area contributed by atoms with E-state index in [2.05, 4.69) is 24.0 Å². The van der Waals surface area contributed by atoms with E-state index in [1.54, 1.807) is 0 Å². The van der Waals surface area contributed by atoms with Crippen molar-refractivity contribution in [3.8, 4) is 0 Å². The van der Waals surface area contributed by atoms with Gasteiger partial charge in [0.25, 0.3) is 0 Å². The van der Waals surface area contributed by atoms with Gasteiger partial charge in [0, 0.05) is 25.2 Å². The van der Waals surface area contributed by atoms with E-state index in [4.69, 9.17) is 5.73 Å². The second-order valence-electron chi connectivity index (χ2n) is 4.83. The topological polar surface area (TPSA) is 29.3 Å². The van der Waals surface area contributed by atoms with E-state index < -0.39 is 0 Å². The molecule has 0 bridgehead atoms. The number of hydrogen-bond acceptors (Lipinski definition) is 2. The van der Waals surface area contributed by atoms with Gasteiger partial charge in [-0.3, -0.25) is 4.90 Å². The minimum atomic E-state index is 0.307. The van der Waals surface area contributed by atoms with Gasteiger partial charge >= 0.3 is 0 Å². The Balaban J connectivity index is 2.13. The lowest BCUT2D eigenvalue weighted by atomic mass is 9.72. The van der Waals surface area contributed by atoms with Crippen molar-refractivity contribution in [1.82, 2.24) is 4.90 Å². The molecule has 2 atom stereocenters. The van der Waals surface area contributed by atoms with Crippen molar-refractivity contribution in [2.75, 3.05) is 19.6 Å². The van der Waals surface area contributed by atoms with Crippen LogP contribution in [0.4, 0.5) is 0 Å². The largest absolute Gasteiger partial charge is 0.329 e. The average Bonchev–Trinajstić information content (AvgIpc) is 2.72. The van der Waals surface area contributed by atoms with Gasteiger partial charge < -0.3 is 5.73 Å². The fourth-order valence-corrected chi connectivity index (χ4v) is 3.14. The Morgan fingerprint density at radius 1 is 1.36 bits per heavy atom.